The maximum absolute atomic E-state index is 5.81. The Morgan fingerprint density at radius 2 is 1.87 bits per heavy atom. The minimum atomic E-state index is 0.646. The monoisotopic (exact) mass is 307 g/mol. The van der Waals surface area contributed by atoms with Crippen LogP contribution in [0.4, 0.5) is 0 Å². The van der Waals surface area contributed by atoms with Crippen LogP contribution in [0.1, 0.15) is 53.5 Å². The molecule has 0 amide bonds. The molecule has 23 heavy (non-hydrogen) atoms. The summed E-state index contributed by atoms with van der Waals surface area (Å²) in [5.74, 6) is 2.41. The third-order valence-corrected chi connectivity index (χ3v) is 5.45. The number of allylic oxidation sites excluding steroid dienone is 1. The molecule has 1 saturated carbocycles. The second-order valence-corrected chi connectivity index (χ2v) is 6.82. The fourth-order valence-corrected chi connectivity index (χ4v) is 4.39. The highest BCUT2D eigenvalue weighted by Gasteiger charge is 2.44. The predicted octanol–water partition coefficient (Wildman–Crippen LogP) is 4.83. The van der Waals surface area contributed by atoms with Crippen molar-refractivity contribution in [3.8, 4) is 5.88 Å². The van der Waals surface area contributed by atoms with Crippen LogP contribution in [0.5, 0.6) is 5.88 Å². The molecule has 1 fully saturated rings. The molecule has 0 spiro atoms. The molecule has 0 radical (unpaired) electrons. The number of aromatic nitrogens is 1. The quantitative estimate of drug-likeness (QED) is 0.721. The van der Waals surface area contributed by atoms with Crippen molar-refractivity contribution < 1.29 is 4.74 Å². The lowest BCUT2D eigenvalue weighted by molar-refractivity contribution is 0.370. The van der Waals surface area contributed by atoms with Crippen molar-refractivity contribution in [2.45, 2.75) is 50.5 Å². The standard InChI is InChI=1S/C21H25NO/c1-3-13-22-20(16-11-7-8-12-17(16)21(22)23-2)19-14-18(19)15-9-5-4-6-10-15/h3-6,9-10,18-19H,1,7-8,11-14H2,2H3/t18-,19-/m1/s1. The second-order valence-electron chi connectivity index (χ2n) is 6.82. The van der Waals surface area contributed by atoms with Crippen molar-refractivity contribution in [3.63, 3.8) is 0 Å². The highest BCUT2D eigenvalue weighted by Crippen LogP contribution is 2.57. The number of hydrogen-bond donors (Lipinski definition) is 0. The van der Waals surface area contributed by atoms with Crippen LogP contribution in [-0.2, 0) is 19.4 Å². The molecule has 2 heteroatoms. The number of ether oxygens (including phenoxy) is 1. The molecule has 0 unspecified atom stereocenters. The third-order valence-electron chi connectivity index (χ3n) is 5.45. The summed E-state index contributed by atoms with van der Waals surface area (Å²) >= 11 is 0. The van der Waals surface area contributed by atoms with E-state index in [9.17, 15) is 0 Å². The Bertz CT molecular complexity index is 713. The molecule has 2 aromatic rings. The highest BCUT2D eigenvalue weighted by atomic mass is 16.5. The van der Waals surface area contributed by atoms with Gasteiger partial charge in [-0.15, -0.1) is 6.58 Å². The predicted molar refractivity (Wildman–Crippen MR) is 94.4 cm³/mol. The van der Waals surface area contributed by atoms with E-state index in [1.807, 2.05) is 13.2 Å². The lowest BCUT2D eigenvalue weighted by atomic mass is 9.92. The smallest absolute Gasteiger partial charge is 0.197 e. The van der Waals surface area contributed by atoms with E-state index in [-0.39, 0.29) is 0 Å². The second kappa shape index (κ2) is 5.92. The maximum atomic E-state index is 5.81. The molecule has 2 atom stereocenters. The van der Waals surface area contributed by atoms with Crippen LogP contribution in [0.15, 0.2) is 43.0 Å². The minimum absolute atomic E-state index is 0.646. The van der Waals surface area contributed by atoms with E-state index >= 15 is 0 Å². The summed E-state index contributed by atoms with van der Waals surface area (Å²) in [5, 5.41) is 0. The zero-order valence-corrected chi connectivity index (χ0v) is 13.9. The van der Waals surface area contributed by atoms with Crippen molar-refractivity contribution in [2.24, 2.45) is 0 Å². The molecule has 2 nitrogen and oxygen atoms in total. The molecule has 0 saturated heterocycles. The van der Waals surface area contributed by atoms with Crippen molar-refractivity contribution in [1.29, 1.82) is 0 Å². The molecule has 1 aromatic carbocycles. The lowest BCUT2D eigenvalue weighted by Gasteiger charge is -2.13. The van der Waals surface area contributed by atoms with Crippen LogP contribution in [0.25, 0.3) is 0 Å². The fraction of sp³-hybridized carbons (Fsp3) is 0.429. The number of hydrogen-bond acceptors (Lipinski definition) is 1. The van der Waals surface area contributed by atoms with Gasteiger partial charge in [0.2, 0.25) is 0 Å². The number of fused-ring (bicyclic) bond motifs is 1. The van der Waals surface area contributed by atoms with Gasteiger partial charge in [-0.25, -0.2) is 0 Å². The van der Waals surface area contributed by atoms with Gasteiger partial charge in [0.1, 0.15) is 0 Å². The third kappa shape index (κ3) is 2.41. The Morgan fingerprint density at radius 3 is 2.57 bits per heavy atom. The zero-order chi connectivity index (χ0) is 15.8. The topological polar surface area (TPSA) is 14.2 Å². The van der Waals surface area contributed by atoms with Gasteiger partial charge in [-0.05, 0) is 49.1 Å². The fourth-order valence-electron chi connectivity index (χ4n) is 4.39. The van der Waals surface area contributed by atoms with Gasteiger partial charge in [-0.3, -0.25) is 0 Å². The molecular formula is C21H25NO. The number of benzene rings is 1. The van der Waals surface area contributed by atoms with E-state index in [0.717, 1.165) is 12.4 Å². The van der Waals surface area contributed by atoms with Crippen molar-refractivity contribution in [2.75, 3.05) is 7.11 Å². The van der Waals surface area contributed by atoms with Gasteiger partial charge in [-0.2, -0.15) is 0 Å². The molecule has 0 bridgehead atoms. The maximum Gasteiger partial charge on any atom is 0.197 e. The zero-order valence-electron chi connectivity index (χ0n) is 13.9. The normalized spacial score (nSPS) is 22.5. The average Bonchev–Trinajstić information content (AvgIpc) is 3.32. The number of methoxy groups -OCH3 is 1. The Labute approximate surface area is 138 Å². The van der Waals surface area contributed by atoms with Gasteiger partial charge in [-0.1, -0.05) is 36.4 Å². The van der Waals surface area contributed by atoms with Crippen LogP contribution < -0.4 is 4.74 Å². The van der Waals surface area contributed by atoms with Gasteiger partial charge in [0.05, 0.1) is 7.11 Å². The summed E-state index contributed by atoms with van der Waals surface area (Å²) in [6.45, 7) is 4.81. The van der Waals surface area contributed by atoms with E-state index in [4.69, 9.17) is 4.74 Å². The molecule has 0 N–H and O–H groups in total. The summed E-state index contributed by atoms with van der Waals surface area (Å²) in [5.41, 5.74) is 6.06. The van der Waals surface area contributed by atoms with Crippen LogP contribution in [0.3, 0.4) is 0 Å². The van der Waals surface area contributed by atoms with Crippen molar-refractivity contribution in [1.82, 2.24) is 4.57 Å². The first kappa shape index (κ1) is 14.6. The molecule has 2 aliphatic carbocycles. The SMILES string of the molecule is C=CCn1c(OC)c2c(c1[C@@H]1C[C@@H]1c1ccccc1)CCCC2. The van der Waals surface area contributed by atoms with Gasteiger partial charge in [0.15, 0.2) is 5.88 Å². The Balaban J connectivity index is 1.76. The summed E-state index contributed by atoms with van der Waals surface area (Å²) in [6, 6.07) is 11.0. The lowest BCUT2D eigenvalue weighted by Crippen LogP contribution is -2.05. The van der Waals surface area contributed by atoms with E-state index in [1.165, 1.54) is 48.9 Å². The summed E-state index contributed by atoms with van der Waals surface area (Å²) in [7, 11) is 1.81. The molecule has 1 aromatic heterocycles. The first-order valence-corrected chi connectivity index (χ1v) is 8.79. The van der Waals surface area contributed by atoms with Crippen LogP contribution in [0.2, 0.25) is 0 Å². The Kier molecular flexibility index (Phi) is 3.76. The molecular weight excluding hydrogens is 282 g/mol. The summed E-state index contributed by atoms with van der Waals surface area (Å²) in [4.78, 5) is 0. The van der Waals surface area contributed by atoms with E-state index in [0.29, 0.717) is 11.8 Å². The molecule has 1 heterocycles. The summed E-state index contributed by atoms with van der Waals surface area (Å²) in [6.07, 6.45) is 8.23. The van der Waals surface area contributed by atoms with Crippen LogP contribution in [-0.4, -0.2) is 11.7 Å². The molecule has 120 valence electrons. The van der Waals surface area contributed by atoms with E-state index in [1.54, 1.807) is 5.56 Å². The minimum Gasteiger partial charge on any atom is -0.482 e. The summed E-state index contributed by atoms with van der Waals surface area (Å²) < 4.78 is 8.21. The van der Waals surface area contributed by atoms with E-state index in [2.05, 4.69) is 41.5 Å². The molecule has 0 aliphatic heterocycles. The average molecular weight is 307 g/mol. The number of nitrogens with zero attached hydrogens (tertiary/aromatic N) is 1. The van der Waals surface area contributed by atoms with Crippen LogP contribution in [0, 0.1) is 0 Å². The van der Waals surface area contributed by atoms with Crippen LogP contribution >= 0.6 is 0 Å². The first-order chi connectivity index (χ1) is 11.3. The van der Waals surface area contributed by atoms with Gasteiger partial charge in [0, 0.05) is 23.7 Å². The van der Waals surface area contributed by atoms with Crippen molar-refractivity contribution >= 4 is 0 Å². The number of rotatable bonds is 5. The first-order valence-electron chi connectivity index (χ1n) is 8.79. The van der Waals surface area contributed by atoms with Gasteiger partial charge >= 0.3 is 0 Å². The Hall–Kier alpha value is -1.96. The molecule has 4 rings (SSSR count). The van der Waals surface area contributed by atoms with Gasteiger partial charge < -0.3 is 9.30 Å². The van der Waals surface area contributed by atoms with Gasteiger partial charge in [0.25, 0.3) is 0 Å². The highest BCUT2D eigenvalue weighted by molar-refractivity contribution is 5.49. The molecule has 2 aliphatic rings. The van der Waals surface area contributed by atoms with E-state index < -0.39 is 0 Å². The van der Waals surface area contributed by atoms with Crippen molar-refractivity contribution in [3.05, 3.63) is 65.4 Å². The Morgan fingerprint density at radius 1 is 1.13 bits per heavy atom. The largest absolute Gasteiger partial charge is 0.482 e.